The van der Waals surface area contributed by atoms with Crippen LogP contribution < -0.4 is 10.2 Å². The van der Waals surface area contributed by atoms with Crippen LogP contribution in [0.2, 0.25) is 0 Å². The molecule has 0 spiro atoms. The predicted molar refractivity (Wildman–Crippen MR) is 151 cm³/mol. The molecule has 8 nitrogen and oxygen atoms in total. The first-order valence-corrected chi connectivity index (χ1v) is 13.4. The number of halogens is 1. The highest BCUT2D eigenvalue weighted by molar-refractivity contribution is 6.00. The van der Waals surface area contributed by atoms with Gasteiger partial charge in [-0.25, -0.2) is 9.40 Å². The molecule has 39 heavy (non-hydrogen) atoms. The van der Waals surface area contributed by atoms with Crippen LogP contribution in [0.3, 0.4) is 0 Å². The molecular weight excluding hydrogens is 497 g/mol. The van der Waals surface area contributed by atoms with Gasteiger partial charge in [-0.1, -0.05) is 39.3 Å². The maximum Gasteiger partial charge on any atom is 0.256 e. The van der Waals surface area contributed by atoms with E-state index in [1.807, 2.05) is 31.0 Å². The summed E-state index contributed by atoms with van der Waals surface area (Å²) in [4.78, 5) is 42.8. The molecule has 0 fully saturated rings. The predicted octanol–water partition coefficient (Wildman–Crippen LogP) is 4.25. The summed E-state index contributed by atoms with van der Waals surface area (Å²) in [6, 6.07) is 8.51. The summed E-state index contributed by atoms with van der Waals surface area (Å²) in [5, 5.41) is 6.38. The van der Waals surface area contributed by atoms with Crippen molar-refractivity contribution in [3.05, 3.63) is 64.0 Å². The van der Waals surface area contributed by atoms with E-state index in [-0.39, 0.29) is 44.1 Å². The molecule has 2 aliphatic heterocycles. The van der Waals surface area contributed by atoms with Crippen molar-refractivity contribution in [3.8, 4) is 0 Å². The summed E-state index contributed by atoms with van der Waals surface area (Å²) in [7, 11) is 1.70. The maximum atomic E-state index is 13.7. The van der Waals surface area contributed by atoms with Crippen molar-refractivity contribution >= 4 is 23.4 Å². The first kappa shape index (κ1) is 30.1. The molecule has 3 amide bonds. The number of nitrogens with zero attached hydrogens (tertiary/aromatic N) is 4. The molecule has 4 rings (SSSR count). The monoisotopic (exact) mass is 539 g/mol. The number of carbonyl (C=O) groups excluding carboxylic acids is 3. The van der Waals surface area contributed by atoms with Gasteiger partial charge in [0.2, 0.25) is 5.91 Å². The van der Waals surface area contributed by atoms with Gasteiger partial charge in [0.25, 0.3) is 11.8 Å². The van der Waals surface area contributed by atoms with E-state index in [4.69, 9.17) is 0 Å². The molecule has 0 radical (unpaired) electrons. The zero-order valence-electron chi connectivity index (χ0n) is 22.8. The number of carbonyl (C=O) groups is 3. The zero-order valence-corrected chi connectivity index (χ0v) is 22.8. The summed E-state index contributed by atoms with van der Waals surface area (Å²) < 4.78 is 13.7. The summed E-state index contributed by atoms with van der Waals surface area (Å²) in [5.74, 6) is -0.683. The van der Waals surface area contributed by atoms with Crippen molar-refractivity contribution in [1.82, 2.24) is 20.2 Å². The van der Waals surface area contributed by atoms with Crippen LogP contribution >= 0.6 is 0 Å². The molecule has 2 aromatic carbocycles. The molecule has 0 aromatic heterocycles. The number of unbranched alkanes of at least 4 members (excludes halogenated alkanes) is 2. The molecule has 9 heteroatoms. The minimum Gasteiger partial charge on any atom is -0.355 e. The number of hydrogen-bond acceptors (Lipinski definition) is 5. The number of amides is 3. The van der Waals surface area contributed by atoms with Gasteiger partial charge in [0.05, 0.1) is 13.1 Å². The van der Waals surface area contributed by atoms with Crippen LogP contribution in [0.1, 0.15) is 73.1 Å². The van der Waals surface area contributed by atoms with E-state index in [1.54, 1.807) is 27.9 Å². The lowest BCUT2D eigenvalue weighted by molar-refractivity contribution is -0.145. The summed E-state index contributed by atoms with van der Waals surface area (Å²) in [6.07, 6.45) is 3.00. The maximum absolute atomic E-state index is 13.7. The quantitative estimate of drug-likeness (QED) is 0.432. The fourth-order valence-electron chi connectivity index (χ4n) is 5.17. The Balaban J connectivity index is 0.00000420. The average Bonchev–Trinajstić information content (AvgIpc) is 3.45. The fraction of sp³-hybridized carbons (Fsp3) is 0.500. The Morgan fingerprint density at radius 2 is 1.74 bits per heavy atom. The summed E-state index contributed by atoms with van der Waals surface area (Å²) in [6.45, 7) is 8.70. The van der Waals surface area contributed by atoms with Crippen LogP contribution in [0.4, 0.5) is 10.1 Å². The third-order valence-electron chi connectivity index (χ3n) is 7.45. The second-order valence-corrected chi connectivity index (χ2v) is 10.2. The number of likely N-dealkylation sites (N-methyl/N-ethyl adjacent to an activating group) is 1. The van der Waals surface area contributed by atoms with Crippen LogP contribution in [0.25, 0.3) is 0 Å². The third-order valence-corrected chi connectivity index (χ3v) is 7.45. The minimum absolute atomic E-state index is 0. The lowest BCUT2D eigenvalue weighted by Crippen LogP contribution is -2.48. The molecule has 1 N–H and O–H groups in total. The van der Waals surface area contributed by atoms with Crippen LogP contribution in [0.5, 0.6) is 0 Å². The second kappa shape index (κ2) is 13.1. The SMILES string of the molecule is C.CCCCCNC(=O)CN(CC(=O)N(C)N1Cc2ccc(F)cc2C1)c1cc2c(cc1C)CN(CC)C2=O. The van der Waals surface area contributed by atoms with Crippen LogP contribution in [0.15, 0.2) is 30.3 Å². The Morgan fingerprint density at radius 1 is 1.00 bits per heavy atom. The van der Waals surface area contributed by atoms with E-state index < -0.39 is 0 Å². The normalized spacial score (nSPS) is 14.1. The van der Waals surface area contributed by atoms with Crippen LogP contribution in [-0.4, -0.2) is 65.9 Å². The highest BCUT2D eigenvalue weighted by Gasteiger charge is 2.30. The largest absolute Gasteiger partial charge is 0.355 e. The second-order valence-electron chi connectivity index (χ2n) is 10.2. The molecule has 2 aliphatic rings. The van der Waals surface area contributed by atoms with Crippen molar-refractivity contribution in [2.45, 2.75) is 67.1 Å². The molecule has 0 saturated carbocycles. The molecule has 2 heterocycles. The summed E-state index contributed by atoms with van der Waals surface area (Å²) in [5.41, 5.74) is 5.05. The highest BCUT2D eigenvalue weighted by Crippen LogP contribution is 2.31. The number of fused-ring (bicyclic) bond motifs is 2. The highest BCUT2D eigenvalue weighted by atomic mass is 19.1. The van der Waals surface area contributed by atoms with Crippen LogP contribution in [0, 0.1) is 12.7 Å². The van der Waals surface area contributed by atoms with Gasteiger partial charge in [-0.05, 0) is 60.7 Å². The van der Waals surface area contributed by atoms with Crippen molar-refractivity contribution in [2.24, 2.45) is 0 Å². The van der Waals surface area contributed by atoms with Gasteiger partial charge in [-0.2, -0.15) is 0 Å². The first-order chi connectivity index (χ1) is 18.2. The molecule has 0 aliphatic carbocycles. The van der Waals surface area contributed by atoms with E-state index in [1.165, 1.54) is 12.1 Å². The topological polar surface area (TPSA) is 76.2 Å². The van der Waals surface area contributed by atoms with Gasteiger partial charge < -0.3 is 15.1 Å². The average molecular weight is 540 g/mol. The number of nitrogens with one attached hydrogen (secondary N) is 1. The van der Waals surface area contributed by atoms with E-state index >= 15 is 0 Å². The smallest absolute Gasteiger partial charge is 0.256 e. The Hall–Kier alpha value is -3.46. The number of anilines is 1. The van der Waals surface area contributed by atoms with E-state index in [2.05, 4.69) is 12.2 Å². The van der Waals surface area contributed by atoms with E-state index in [0.29, 0.717) is 44.0 Å². The number of rotatable bonds is 11. The number of benzene rings is 2. The third kappa shape index (κ3) is 6.76. The Kier molecular flexibility index (Phi) is 10.1. The molecular formula is C30H42FN5O3. The molecule has 0 atom stereocenters. The lowest BCUT2D eigenvalue weighted by Gasteiger charge is -2.32. The van der Waals surface area contributed by atoms with Crippen LogP contribution in [-0.2, 0) is 29.2 Å². The van der Waals surface area contributed by atoms with Crippen molar-refractivity contribution < 1.29 is 18.8 Å². The molecule has 0 bridgehead atoms. The van der Waals surface area contributed by atoms with Gasteiger partial charge in [0.1, 0.15) is 5.82 Å². The zero-order chi connectivity index (χ0) is 27.4. The Labute approximate surface area is 231 Å². The van der Waals surface area contributed by atoms with Gasteiger partial charge in [0, 0.05) is 51.0 Å². The van der Waals surface area contributed by atoms with Crippen molar-refractivity contribution in [3.63, 3.8) is 0 Å². The first-order valence-electron chi connectivity index (χ1n) is 13.4. The Morgan fingerprint density at radius 3 is 2.46 bits per heavy atom. The molecule has 0 unspecified atom stereocenters. The molecule has 2 aromatic rings. The van der Waals surface area contributed by atoms with E-state index in [0.717, 1.165) is 41.5 Å². The minimum atomic E-state index is -0.293. The van der Waals surface area contributed by atoms with Crippen molar-refractivity contribution in [1.29, 1.82) is 0 Å². The molecule has 0 saturated heterocycles. The van der Waals surface area contributed by atoms with Gasteiger partial charge in [-0.15, -0.1) is 0 Å². The number of hydrogen-bond donors (Lipinski definition) is 1. The van der Waals surface area contributed by atoms with Gasteiger partial charge >= 0.3 is 0 Å². The standard InChI is InChI=1S/C29H38FN5O3.CH4/c1-5-7-8-11-31-27(36)18-34(26-14-25-23(12-20(26)3)15-33(6-2)29(25)38)19-28(37)32(4)35-16-21-9-10-24(30)13-22(21)17-35;/h9-10,12-14H,5-8,11,15-19H2,1-4H3,(H,31,36);1H4. The fourth-order valence-corrected chi connectivity index (χ4v) is 5.17. The molecule has 212 valence electrons. The van der Waals surface area contributed by atoms with Crippen molar-refractivity contribution in [2.75, 3.05) is 38.1 Å². The van der Waals surface area contributed by atoms with Gasteiger partial charge in [-0.3, -0.25) is 19.4 Å². The van der Waals surface area contributed by atoms with E-state index in [9.17, 15) is 18.8 Å². The van der Waals surface area contributed by atoms with Gasteiger partial charge in [0.15, 0.2) is 0 Å². The number of aryl methyl sites for hydroxylation is 1. The Bertz CT molecular complexity index is 1220. The number of hydrazine groups is 1. The summed E-state index contributed by atoms with van der Waals surface area (Å²) >= 11 is 0. The lowest BCUT2D eigenvalue weighted by atomic mass is 10.0.